The Balaban J connectivity index is 4.46. The molecule has 0 rings (SSSR count). The van der Waals surface area contributed by atoms with E-state index in [2.05, 4.69) is 118 Å². The number of aliphatic hydroxyl groups excluding tert-OH is 2. The number of hydrogen-bond donors (Lipinski definition) is 4. The number of aliphatic hydroxyl groups is 2. The minimum absolute atomic E-state index is 0.104. The Morgan fingerprint density at radius 3 is 1.01 bits per heavy atom. The van der Waals surface area contributed by atoms with Crippen molar-refractivity contribution in [1.82, 2.24) is 0 Å². The maximum absolute atomic E-state index is 12.8. The number of hydrogen-bond acceptors (Lipinski definition) is 14. The summed E-state index contributed by atoms with van der Waals surface area (Å²) >= 11 is 0. The van der Waals surface area contributed by atoms with E-state index >= 15 is 0 Å². The lowest BCUT2D eigenvalue weighted by Gasteiger charge is -2.21. The van der Waals surface area contributed by atoms with Gasteiger partial charge in [-0.3, -0.25) is 32.5 Å². The molecule has 0 heterocycles. The zero-order chi connectivity index (χ0) is 63.8. The molecular weight excluding hydrogens is 1150 g/mol. The summed E-state index contributed by atoms with van der Waals surface area (Å²) in [5.41, 5.74) is 0. The van der Waals surface area contributed by atoms with Gasteiger partial charge in [0.15, 0.2) is 6.10 Å². The van der Waals surface area contributed by atoms with E-state index in [0.29, 0.717) is 19.3 Å². The molecule has 18 heteroatoms. The van der Waals surface area contributed by atoms with E-state index in [0.717, 1.165) is 148 Å². The predicted molar refractivity (Wildman–Crippen MR) is 353 cm³/mol. The summed E-state index contributed by atoms with van der Waals surface area (Å²) in [6.45, 7) is 2.45. The quantitative estimate of drug-likeness (QED) is 0.0146. The Bertz CT molecular complexity index is 1980. The van der Waals surface area contributed by atoms with Crippen molar-refractivity contribution in [2.75, 3.05) is 39.6 Å². The SMILES string of the molecule is CC/C=C\C/C=C\C/C=C\C/C=C\C/C=C\C/C=C\CCCCCCCCCCC(=O)OCC(O)COP(=O)(O)OCC(O)COP(=O)(O)OCC(COC(=O)CCCCCCC/C=C\C/C=C\CCC)OC(=O)CCCCCCCCCCCCC. The van der Waals surface area contributed by atoms with Gasteiger partial charge in [-0.2, -0.15) is 0 Å². The topological polar surface area (TPSA) is 231 Å². The number of phosphoric acid groups is 2. The second-order valence-corrected chi connectivity index (χ2v) is 25.2. The molecular formula is C69H120O16P2. The highest BCUT2D eigenvalue weighted by Gasteiger charge is 2.29. The Hall–Kier alpha value is -3.53. The van der Waals surface area contributed by atoms with Gasteiger partial charge in [-0.05, 0) is 96.3 Å². The molecule has 0 amide bonds. The molecule has 5 unspecified atom stereocenters. The summed E-state index contributed by atoms with van der Waals surface area (Å²) in [5.74, 6) is -1.60. The molecule has 0 aromatic rings. The Morgan fingerprint density at radius 1 is 0.333 bits per heavy atom. The van der Waals surface area contributed by atoms with Crippen LogP contribution >= 0.6 is 15.6 Å². The number of phosphoric ester groups is 2. The molecule has 87 heavy (non-hydrogen) atoms. The summed E-state index contributed by atoms with van der Waals surface area (Å²) in [7, 11) is -9.77. The van der Waals surface area contributed by atoms with Crippen molar-refractivity contribution in [1.29, 1.82) is 0 Å². The molecule has 16 nitrogen and oxygen atoms in total. The van der Waals surface area contributed by atoms with E-state index < -0.39 is 91.5 Å². The van der Waals surface area contributed by atoms with E-state index in [1.807, 2.05) is 0 Å². The van der Waals surface area contributed by atoms with Gasteiger partial charge in [-0.1, -0.05) is 246 Å². The van der Waals surface area contributed by atoms with Gasteiger partial charge in [0.25, 0.3) is 0 Å². The van der Waals surface area contributed by atoms with Gasteiger partial charge in [0, 0.05) is 19.3 Å². The van der Waals surface area contributed by atoms with Crippen molar-refractivity contribution in [3.8, 4) is 0 Å². The monoisotopic (exact) mass is 1270 g/mol. The fraction of sp³-hybridized carbons (Fsp3) is 0.725. The molecule has 0 aromatic carbocycles. The number of unbranched alkanes of at least 4 members (excludes halogenated alkanes) is 24. The lowest BCUT2D eigenvalue weighted by Crippen LogP contribution is -2.30. The van der Waals surface area contributed by atoms with Crippen molar-refractivity contribution >= 4 is 33.6 Å². The van der Waals surface area contributed by atoms with Crippen LogP contribution in [0.5, 0.6) is 0 Å². The number of esters is 3. The van der Waals surface area contributed by atoms with Crippen LogP contribution < -0.4 is 0 Å². The zero-order valence-electron chi connectivity index (χ0n) is 54.2. The van der Waals surface area contributed by atoms with Gasteiger partial charge < -0.3 is 34.2 Å². The summed E-state index contributed by atoms with van der Waals surface area (Å²) in [5, 5.41) is 20.5. The van der Waals surface area contributed by atoms with Crippen molar-refractivity contribution in [3.63, 3.8) is 0 Å². The van der Waals surface area contributed by atoms with Crippen LogP contribution in [0.25, 0.3) is 0 Å². The maximum Gasteiger partial charge on any atom is 0.472 e. The third-order valence-corrected chi connectivity index (χ3v) is 15.7. The largest absolute Gasteiger partial charge is 0.472 e. The molecule has 0 fully saturated rings. The second-order valence-electron chi connectivity index (χ2n) is 22.2. The Kier molecular flexibility index (Phi) is 60.1. The zero-order valence-corrected chi connectivity index (χ0v) is 56.0. The highest BCUT2D eigenvalue weighted by atomic mass is 31.2. The average molecular weight is 1270 g/mol. The standard InChI is InChI=1S/C69H120O16P2/c1-4-7-10-13-16-19-22-24-25-26-27-28-29-30-31-32-33-34-35-36-37-39-42-43-46-49-52-55-67(72)79-58-64(70)59-81-86(75,76)82-60-65(71)61-83-87(77,78)84-63-66(85-69(74)57-54-51-48-45-40-21-18-15-12-9-6-3)62-80-68(73)56-53-50-47-44-41-38-23-20-17-14-11-8-5-2/h7,10-11,14,16,19-20,23-25,27-28,30-31,33-34,64-66,70-71H,4-6,8-9,12-13,15,17-18,21-22,26,29,32,35-63H2,1-3H3,(H,75,76)(H,77,78)/b10-7-,14-11-,19-16-,23-20-,25-24-,28-27-,31-30-,34-33-. The Labute approximate surface area is 527 Å². The first-order chi connectivity index (χ1) is 42.2. The van der Waals surface area contributed by atoms with Crippen LogP contribution in [-0.4, -0.2) is 95.9 Å². The fourth-order valence-electron chi connectivity index (χ4n) is 8.67. The van der Waals surface area contributed by atoms with Crippen molar-refractivity contribution in [2.45, 2.75) is 283 Å². The van der Waals surface area contributed by atoms with E-state index in [4.69, 9.17) is 32.3 Å². The first-order valence-electron chi connectivity index (χ1n) is 33.5. The minimum Gasteiger partial charge on any atom is -0.463 e. The molecule has 502 valence electrons. The van der Waals surface area contributed by atoms with Crippen LogP contribution in [0.3, 0.4) is 0 Å². The van der Waals surface area contributed by atoms with Crippen LogP contribution in [0.4, 0.5) is 0 Å². The van der Waals surface area contributed by atoms with Crippen LogP contribution in [0.15, 0.2) is 97.2 Å². The van der Waals surface area contributed by atoms with E-state index in [-0.39, 0.29) is 19.3 Å². The van der Waals surface area contributed by atoms with Crippen LogP contribution in [-0.2, 0) is 55.8 Å². The number of ether oxygens (including phenoxy) is 3. The summed E-state index contributed by atoms with van der Waals surface area (Å²) in [6.07, 6.45) is 67.6. The van der Waals surface area contributed by atoms with Crippen LogP contribution in [0, 0.1) is 0 Å². The fourth-order valence-corrected chi connectivity index (χ4v) is 10.3. The van der Waals surface area contributed by atoms with E-state index in [1.165, 1.54) is 57.8 Å². The predicted octanol–water partition coefficient (Wildman–Crippen LogP) is 18.3. The molecule has 0 spiro atoms. The molecule has 0 aromatic heterocycles. The molecule has 0 aliphatic rings. The first-order valence-corrected chi connectivity index (χ1v) is 36.5. The summed E-state index contributed by atoms with van der Waals surface area (Å²) in [4.78, 5) is 58.2. The van der Waals surface area contributed by atoms with Crippen molar-refractivity contribution in [3.05, 3.63) is 97.2 Å². The van der Waals surface area contributed by atoms with Gasteiger partial charge in [-0.25, -0.2) is 9.13 Å². The summed E-state index contributed by atoms with van der Waals surface area (Å²) < 4.78 is 60.7. The van der Waals surface area contributed by atoms with Gasteiger partial charge in [0.05, 0.1) is 26.4 Å². The molecule has 0 saturated heterocycles. The minimum atomic E-state index is -4.92. The van der Waals surface area contributed by atoms with Gasteiger partial charge in [0.1, 0.15) is 25.4 Å². The molecule has 0 aliphatic carbocycles. The van der Waals surface area contributed by atoms with Crippen molar-refractivity contribution < 1.29 is 75.8 Å². The maximum atomic E-state index is 12.8. The summed E-state index contributed by atoms with van der Waals surface area (Å²) in [6, 6.07) is 0. The number of carbonyl (C=O) groups excluding carboxylic acids is 3. The normalized spacial score (nSPS) is 14.9. The molecule has 0 radical (unpaired) electrons. The number of allylic oxidation sites excluding steroid dienone is 16. The molecule has 4 N–H and O–H groups in total. The Morgan fingerprint density at radius 2 is 0.632 bits per heavy atom. The highest BCUT2D eigenvalue weighted by Crippen LogP contribution is 2.45. The molecule has 0 aliphatic heterocycles. The highest BCUT2D eigenvalue weighted by molar-refractivity contribution is 7.47. The second kappa shape index (κ2) is 62.7. The number of carbonyl (C=O) groups is 3. The van der Waals surface area contributed by atoms with Gasteiger partial charge in [0.2, 0.25) is 0 Å². The third kappa shape index (κ3) is 63.8. The van der Waals surface area contributed by atoms with Gasteiger partial charge >= 0.3 is 33.6 Å². The lowest BCUT2D eigenvalue weighted by atomic mass is 10.1. The molecule has 5 atom stereocenters. The first kappa shape index (κ1) is 83.5. The van der Waals surface area contributed by atoms with Crippen LogP contribution in [0.2, 0.25) is 0 Å². The van der Waals surface area contributed by atoms with Gasteiger partial charge in [-0.15, -0.1) is 0 Å². The van der Waals surface area contributed by atoms with Crippen molar-refractivity contribution in [2.24, 2.45) is 0 Å². The smallest absolute Gasteiger partial charge is 0.463 e. The third-order valence-electron chi connectivity index (χ3n) is 13.8. The molecule has 0 bridgehead atoms. The molecule has 0 saturated carbocycles. The van der Waals surface area contributed by atoms with E-state index in [9.17, 15) is 43.5 Å². The average Bonchev–Trinajstić information content (AvgIpc) is 3.53. The van der Waals surface area contributed by atoms with Crippen LogP contribution in [0.1, 0.15) is 265 Å². The van der Waals surface area contributed by atoms with E-state index in [1.54, 1.807) is 0 Å². The lowest BCUT2D eigenvalue weighted by molar-refractivity contribution is -0.161. The number of rotatable bonds is 63.